The highest BCUT2D eigenvalue weighted by Gasteiger charge is 2.39. The van der Waals surface area contributed by atoms with Crippen LogP contribution in [-0.4, -0.2) is 53.5 Å². The molecule has 2 N–H and O–H groups in total. The molecular formula is C24H22ClF4N5O4. The lowest BCUT2D eigenvalue weighted by molar-refractivity contribution is -0.207. The number of nitrogens with zero attached hydrogens (tertiary/aromatic N) is 5. The molecule has 14 heteroatoms. The summed E-state index contributed by atoms with van der Waals surface area (Å²) >= 11 is 5.92. The average Bonchev–Trinajstić information content (AvgIpc) is 3.41. The average molecular weight is 556 g/mol. The van der Waals surface area contributed by atoms with Crippen molar-refractivity contribution < 1.29 is 32.5 Å². The molecule has 2 aromatic carbocycles. The molecule has 2 atom stereocenters. The number of imidazole rings is 1. The van der Waals surface area contributed by atoms with Crippen LogP contribution < -0.4 is 10.4 Å². The number of aromatic nitrogens is 5. The minimum atomic E-state index is -4.95. The van der Waals surface area contributed by atoms with Crippen molar-refractivity contribution in [2.24, 2.45) is 0 Å². The molecule has 2 aromatic heterocycles. The van der Waals surface area contributed by atoms with Crippen molar-refractivity contribution >= 4 is 11.6 Å². The van der Waals surface area contributed by atoms with Gasteiger partial charge in [-0.05, 0) is 36.8 Å². The van der Waals surface area contributed by atoms with E-state index in [0.29, 0.717) is 10.6 Å². The Kier molecular flexibility index (Phi) is 7.63. The van der Waals surface area contributed by atoms with Crippen LogP contribution in [0.25, 0.3) is 16.9 Å². The largest absolute Gasteiger partial charge is 0.494 e. The van der Waals surface area contributed by atoms with Crippen molar-refractivity contribution in [3.8, 4) is 22.7 Å². The quantitative estimate of drug-likeness (QED) is 0.321. The Morgan fingerprint density at radius 3 is 2.42 bits per heavy atom. The lowest BCUT2D eigenvalue weighted by atomic mass is 10.1. The monoisotopic (exact) mass is 555 g/mol. The predicted molar refractivity (Wildman–Crippen MR) is 129 cm³/mol. The Morgan fingerprint density at radius 1 is 1.13 bits per heavy atom. The molecule has 0 aliphatic carbocycles. The molecular weight excluding hydrogens is 534 g/mol. The predicted octanol–water partition coefficient (Wildman–Crippen LogP) is 3.72. The number of ether oxygens (including phenoxy) is 1. The Morgan fingerprint density at radius 2 is 1.82 bits per heavy atom. The molecule has 9 nitrogen and oxygen atoms in total. The molecule has 4 aromatic rings. The van der Waals surface area contributed by atoms with Gasteiger partial charge in [0.2, 0.25) is 0 Å². The number of benzene rings is 2. The van der Waals surface area contributed by atoms with Gasteiger partial charge in [0.15, 0.2) is 17.8 Å². The van der Waals surface area contributed by atoms with Crippen LogP contribution in [0.3, 0.4) is 0 Å². The van der Waals surface area contributed by atoms with Gasteiger partial charge in [-0.1, -0.05) is 23.7 Å². The zero-order valence-corrected chi connectivity index (χ0v) is 20.8. The summed E-state index contributed by atoms with van der Waals surface area (Å²) in [7, 11) is 1.37. The van der Waals surface area contributed by atoms with Gasteiger partial charge in [-0.25, -0.2) is 18.9 Å². The van der Waals surface area contributed by atoms with Gasteiger partial charge in [-0.3, -0.25) is 9.13 Å². The molecule has 2 heterocycles. The van der Waals surface area contributed by atoms with Gasteiger partial charge in [0.1, 0.15) is 23.4 Å². The SMILES string of the molecule is COc1ccc(F)cc1-n1nc(Cn2cc(-c3ccc(Cl)cc3)n(CC(O)C(F)(F)F)c2=O)nc1C(C)O. The smallest absolute Gasteiger partial charge is 0.416 e. The number of alkyl halides is 3. The fraction of sp³-hybridized carbons (Fsp3) is 0.292. The summed E-state index contributed by atoms with van der Waals surface area (Å²) in [6.07, 6.45) is -7.59. The highest BCUT2D eigenvalue weighted by molar-refractivity contribution is 6.30. The van der Waals surface area contributed by atoms with E-state index in [-0.39, 0.29) is 35.3 Å². The number of hydrogen-bond donors (Lipinski definition) is 2. The molecule has 0 bridgehead atoms. The molecule has 202 valence electrons. The summed E-state index contributed by atoms with van der Waals surface area (Å²) < 4.78 is 61.6. The summed E-state index contributed by atoms with van der Waals surface area (Å²) in [6.45, 7) is 0.0589. The van der Waals surface area contributed by atoms with Crippen LogP contribution in [0.15, 0.2) is 53.5 Å². The van der Waals surface area contributed by atoms with Crippen LogP contribution in [0.4, 0.5) is 17.6 Å². The van der Waals surface area contributed by atoms with E-state index < -0.39 is 36.4 Å². The van der Waals surface area contributed by atoms with Crippen LogP contribution in [-0.2, 0) is 13.1 Å². The maximum Gasteiger partial charge on any atom is 0.416 e. The highest BCUT2D eigenvalue weighted by Crippen LogP contribution is 2.27. The van der Waals surface area contributed by atoms with Gasteiger partial charge in [0, 0.05) is 17.3 Å². The van der Waals surface area contributed by atoms with Crippen LogP contribution in [0.2, 0.25) is 5.02 Å². The second kappa shape index (κ2) is 10.6. The van der Waals surface area contributed by atoms with E-state index in [9.17, 15) is 32.6 Å². The number of halogens is 5. The van der Waals surface area contributed by atoms with Gasteiger partial charge >= 0.3 is 11.9 Å². The number of aliphatic hydroxyl groups is 2. The minimum Gasteiger partial charge on any atom is -0.494 e. The molecule has 0 fully saturated rings. The third-order valence-corrected chi connectivity index (χ3v) is 5.90. The molecule has 2 unspecified atom stereocenters. The van der Waals surface area contributed by atoms with Crippen LogP contribution >= 0.6 is 11.6 Å². The van der Waals surface area contributed by atoms with E-state index in [4.69, 9.17) is 16.3 Å². The minimum absolute atomic E-state index is 0.00508. The Hall–Kier alpha value is -3.68. The van der Waals surface area contributed by atoms with Crippen molar-refractivity contribution in [3.63, 3.8) is 0 Å². The van der Waals surface area contributed by atoms with Crippen LogP contribution in [0.5, 0.6) is 5.75 Å². The lowest BCUT2D eigenvalue weighted by Crippen LogP contribution is -2.37. The van der Waals surface area contributed by atoms with Crippen molar-refractivity contribution in [1.82, 2.24) is 23.9 Å². The Balaban J connectivity index is 1.79. The third kappa shape index (κ3) is 5.59. The normalized spacial score (nSPS) is 13.5. The first-order valence-corrected chi connectivity index (χ1v) is 11.5. The van der Waals surface area contributed by atoms with E-state index in [1.54, 1.807) is 0 Å². The molecule has 38 heavy (non-hydrogen) atoms. The van der Waals surface area contributed by atoms with Crippen molar-refractivity contribution in [3.05, 3.63) is 81.6 Å². The molecule has 0 amide bonds. The zero-order chi connectivity index (χ0) is 27.8. The van der Waals surface area contributed by atoms with Gasteiger partial charge in [-0.15, -0.1) is 5.10 Å². The second-order valence-corrected chi connectivity index (χ2v) is 8.83. The third-order valence-electron chi connectivity index (χ3n) is 5.65. The Labute approximate surface area is 218 Å². The molecule has 0 radical (unpaired) electrons. The van der Waals surface area contributed by atoms with E-state index in [1.807, 2.05) is 0 Å². The number of aliphatic hydroxyl groups excluding tert-OH is 2. The summed E-state index contributed by atoms with van der Waals surface area (Å²) in [6, 6.07) is 9.73. The molecule has 4 rings (SSSR count). The van der Waals surface area contributed by atoms with Gasteiger partial charge in [-0.2, -0.15) is 13.2 Å². The maximum absolute atomic E-state index is 14.0. The molecule has 0 spiro atoms. The summed E-state index contributed by atoms with van der Waals surface area (Å²) in [5.74, 6) is -0.343. The van der Waals surface area contributed by atoms with Gasteiger partial charge in [0.05, 0.1) is 25.9 Å². The lowest BCUT2D eigenvalue weighted by Gasteiger charge is -2.16. The number of rotatable bonds is 8. The Bertz CT molecular complexity index is 1500. The van der Waals surface area contributed by atoms with Crippen molar-refractivity contribution in [1.29, 1.82) is 0 Å². The summed E-state index contributed by atoms with van der Waals surface area (Å²) in [5, 5.41) is 24.6. The summed E-state index contributed by atoms with van der Waals surface area (Å²) in [5.41, 5.74) is -0.247. The second-order valence-electron chi connectivity index (χ2n) is 8.39. The van der Waals surface area contributed by atoms with E-state index in [2.05, 4.69) is 10.1 Å². The fourth-order valence-corrected chi connectivity index (χ4v) is 3.94. The fourth-order valence-electron chi connectivity index (χ4n) is 3.81. The van der Waals surface area contributed by atoms with Crippen LogP contribution in [0, 0.1) is 5.82 Å². The van der Waals surface area contributed by atoms with E-state index in [0.717, 1.165) is 19.9 Å². The van der Waals surface area contributed by atoms with Crippen LogP contribution in [0.1, 0.15) is 24.7 Å². The van der Waals surface area contributed by atoms with Crippen molar-refractivity contribution in [2.45, 2.75) is 38.4 Å². The first-order chi connectivity index (χ1) is 17.9. The highest BCUT2D eigenvalue weighted by atomic mass is 35.5. The van der Waals surface area contributed by atoms with E-state index in [1.165, 1.54) is 56.6 Å². The first kappa shape index (κ1) is 27.4. The molecule has 0 aliphatic heterocycles. The van der Waals surface area contributed by atoms with E-state index >= 15 is 0 Å². The topological polar surface area (TPSA) is 107 Å². The first-order valence-electron chi connectivity index (χ1n) is 11.2. The maximum atomic E-state index is 14.0. The molecule has 0 saturated heterocycles. The van der Waals surface area contributed by atoms with Gasteiger partial charge < -0.3 is 14.9 Å². The van der Waals surface area contributed by atoms with Crippen molar-refractivity contribution in [2.75, 3.05) is 7.11 Å². The standard InChI is InChI=1S/C24H22ClF4N5O4/c1-13(35)22-30-21(31-34(22)17-9-16(26)7-8-19(17)38-2)12-32-10-18(14-3-5-15(25)6-4-14)33(23(32)37)11-20(36)24(27,28)29/h3-10,13,20,35-36H,11-12H2,1-2H3. The molecule has 0 aliphatic rings. The number of hydrogen-bond acceptors (Lipinski definition) is 6. The number of methoxy groups -OCH3 is 1. The zero-order valence-electron chi connectivity index (χ0n) is 20.0. The van der Waals surface area contributed by atoms with Gasteiger partial charge in [0.25, 0.3) is 0 Å². The molecule has 0 saturated carbocycles. The summed E-state index contributed by atoms with van der Waals surface area (Å²) in [4.78, 5) is 17.4.